The van der Waals surface area contributed by atoms with Crippen LogP contribution in [-0.4, -0.2) is 16.9 Å². The van der Waals surface area contributed by atoms with Gasteiger partial charge in [0.1, 0.15) is 0 Å². The Hall–Kier alpha value is -1.13. The fraction of sp³-hybridized carbons (Fsp3) is 0.368. The Morgan fingerprint density at radius 3 is 1.81 bits per heavy atom. The number of benzene rings is 2. The first-order valence-electron chi connectivity index (χ1n) is 7.98. The van der Waals surface area contributed by atoms with Gasteiger partial charge >= 0.3 is 0 Å². The standard InChI is InChI=1S/C19H25Si2/c1-20(2)13-14-21(3,4)19-17-11-7-5-9-15(17)16-10-6-8-12-18(16)19/h5-12,19H,13-14H2,1-4H3. The van der Waals surface area contributed by atoms with Crippen LogP contribution >= 0.6 is 0 Å². The fourth-order valence-corrected chi connectivity index (χ4v) is 10.8. The minimum absolute atomic E-state index is 0.115. The smallest absolute Gasteiger partial charge is 0.0601 e. The lowest BCUT2D eigenvalue weighted by Crippen LogP contribution is -2.35. The summed E-state index contributed by atoms with van der Waals surface area (Å²) in [5.41, 5.74) is 6.84. The summed E-state index contributed by atoms with van der Waals surface area (Å²) in [5, 5.41) is 0. The van der Waals surface area contributed by atoms with E-state index in [-0.39, 0.29) is 8.80 Å². The minimum Gasteiger partial charge on any atom is -0.0713 e. The van der Waals surface area contributed by atoms with Gasteiger partial charge in [-0.2, -0.15) is 0 Å². The molecule has 0 spiro atoms. The molecule has 2 heteroatoms. The molecule has 0 amide bonds. The first-order valence-corrected chi connectivity index (χ1v) is 14.0. The van der Waals surface area contributed by atoms with Crippen molar-refractivity contribution >= 4 is 16.9 Å². The number of fused-ring (bicyclic) bond motifs is 3. The highest BCUT2D eigenvalue weighted by Crippen LogP contribution is 2.49. The molecule has 1 radical (unpaired) electrons. The van der Waals surface area contributed by atoms with Crippen LogP contribution in [0.15, 0.2) is 48.5 Å². The molecule has 0 atom stereocenters. The van der Waals surface area contributed by atoms with Crippen LogP contribution in [0, 0.1) is 0 Å². The first kappa shape index (κ1) is 14.8. The van der Waals surface area contributed by atoms with E-state index in [0.29, 0.717) is 5.54 Å². The quantitative estimate of drug-likeness (QED) is 0.626. The Kier molecular flexibility index (Phi) is 3.93. The molecular formula is C19H25Si2. The number of hydrogen-bond acceptors (Lipinski definition) is 0. The van der Waals surface area contributed by atoms with E-state index in [0.717, 1.165) is 0 Å². The maximum absolute atomic E-state index is 2.60. The van der Waals surface area contributed by atoms with Gasteiger partial charge in [0.25, 0.3) is 0 Å². The van der Waals surface area contributed by atoms with E-state index >= 15 is 0 Å². The minimum atomic E-state index is -1.31. The summed E-state index contributed by atoms with van der Waals surface area (Å²) in [7, 11) is -1.43. The number of rotatable bonds is 4. The van der Waals surface area contributed by atoms with Crippen molar-refractivity contribution in [2.75, 3.05) is 0 Å². The van der Waals surface area contributed by atoms with E-state index in [1.165, 1.54) is 23.2 Å². The molecule has 2 aromatic carbocycles. The van der Waals surface area contributed by atoms with E-state index in [9.17, 15) is 0 Å². The van der Waals surface area contributed by atoms with Crippen LogP contribution in [0.3, 0.4) is 0 Å². The van der Waals surface area contributed by atoms with Crippen LogP contribution in [0.25, 0.3) is 11.1 Å². The molecule has 2 aromatic rings. The lowest BCUT2D eigenvalue weighted by atomic mass is 10.1. The summed E-state index contributed by atoms with van der Waals surface area (Å²) in [4.78, 5) is 0. The van der Waals surface area contributed by atoms with E-state index in [4.69, 9.17) is 0 Å². The number of hydrogen-bond donors (Lipinski definition) is 0. The summed E-state index contributed by atoms with van der Waals surface area (Å²) in [6, 6.07) is 21.1. The van der Waals surface area contributed by atoms with Crippen molar-refractivity contribution in [3.05, 3.63) is 59.7 Å². The van der Waals surface area contributed by atoms with Crippen molar-refractivity contribution < 1.29 is 0 Å². The Morgan fingerprint density at radius 1 is 0.857 bits per heavy atom. The molecule has 21 heavy (non-hydrogen) atoms. The van der Waals surface area contributed by atoms with Crippen LogP contribution in [0.1, 0.15) is 16.7 Å². The largest absolute Gasteiger partial charge is 0.0713 e. The Morgan fingerprint density at radius 2 is 1.33 bits per heavy atom. The van der Waals surface area contributed by atoms with Gasteiger partial charge < -0.3 is 0 Å². The molecule has 1 aliphatic carbocycles. The molecule has 0 aromatic heterocycles. The fourth-order valence-electron chi connectivity index (χ4n) is 3.71. The SMILES string of the molecule is C[Si](C)CC[Si](C)(C)C1c2ccccc2-c2ccccc21. The van der Waals surface area contributed by atoms with Crippen molar-refractivity contribution in [1.82, 2.24) is 0 Å². The molecule has 0 unspecified atom stereocenters. The average Bonchev–Trinajstić information content (AvgIpc) is 2.80. The van der Waals surface area contributed by atoms with Crippen LogP contribution in [-0.2, 0) is 0 Å². The highest BCUT2D eigenvalue weighted by atomic mass is 28.3. The van der Waals surface area contributed by atoms with E-state index in [1.54, 1.807) is 11.1 Å². The van der Waals surface area contributed by atoms with Gasteiger partial charge in [-0.15, -0.1) is 0 Å². The van der Waals surface area contributed by atoms with Gasteiger partial charge in [-0.05, 0) is 22.3 Å². The van der Waals surface area contributed by atoms with Gasteiger partial charge in [-0.25, -0.2) is 0 Å². The van der Waals surface area contributed by atoms with Crippen molar-refractivity contribution in [2.24, 2.45) is 0 Å². The van der Waals surface area contributed by atoms with Crippen molar-refractivity contribution in [3.63, 3.8) is 0 Å². The lowest BCUT2D eigenvalue weighted by Gasteiger charge is -2.32. The van der Waals surface area contributed by atoms with E-state index in [2.05, 4.69) is 74.7 Å². The topological polar surface area (TPSA) is 0 Å². The normalized spacial score (nSPS) is 14.3. The zero-order chi connectivity index (χ0) is 15.0. The average molecular weight is 310 g/mol. The predicted octanol–water partition coefficient (Wildman–Crippen LogP) is 5.80. The second-order valence-corrected chi connectivity index (χ2v) is 15.3. The second-order valence-electron chi connectivity index (χ2n) is 7.30. The van der Waals surface area contributed by atoms with Crippen molar-refractivity contribution in [1.29, 1.82) is 0 Å². The summed E-state index contributed by atoms with van der Waals surface area (Å²) in [6.45, 7) is 10.1. The molecule has 0 fully saturated rings. The Balaban J connectivity index is 2.06. The molecule has 0 aliphatic heterocycles. The second kappa shape index (κ2) is 5.58. The Bertz CT molecular complexity index is 598. The molecule has 0 saturated heterocycles. The summed E-state index contributed by atoms with van der Waals surface area (Å²) in [5.74, 6) is 0. The van der Waals surface area contributed by atoms with Crippen LogP contribution < -0.4 is 0 Å². The predicted molar refractivity (Wildman–Crippen MR) is 98.3 cm³/mol. The van der Waals surface area contributed by atoms with Crippen LogP contribution in [0.5, 0.6) is 0 Å². The summed E-state index contributed by atoms with van der Waals surface area (Å²) < 4.78 is 0. The highest BCUT2D eigenvalue weighted by Gasteiger charge is 2.40. The molecule has 0 bridgehead atoms. The maximum atomic E-state index is 2.60. The van der Waals surface area contributed by atoms with Gasteiger partial charge in [0.2, 0.25) is 0 Å². The summed E-state index contributed by atoms with van der Waals surface area (Å²) in [6.07, 6.45) is 0. The first-order chi connectivity index (χ1) is 10.0. The molecule has 3 rings (SSSR count). The van der Waals surface area contributed by atoms with E-state index in [1.807, 2.05) is 0 Å². The molecule has 109 valence electrons. The van der Waals surface area contributed by atoms with Gasteiger partial charge in [0.15, 0.2) is 0 Å². The third-order valence-electron chi connectivity index (χ3n) is 4.88. The molecular weight excluding hydrogens is 284 g/mol. The Labute approximate surface area is 131 Å². The molecule has 0 saturated carbocycles. The third-order valence-corrected chi connectivity index (χ3v) is 10.4. The third kappa shape index (κ3) is 2.67. The van der Waals surface area contributed by atoms with Gasteiger partial charge in [0, 0.05) is 14.3 Å². The lowest BCUT2D eigenvalue weighted by molar-refractivity contribution is 1.08. The van der Waals surface area contributed by atoms with Crippen LogP contribution in [0.2, 0.25) is 38.3 Å². The molecule has 0 N–H and O–H groups in total. The van der Waals surface area contributed by atoms with Gasteiger partial charge in [-0.1, -0.05) is 86.8 Å². The summed E-state index contributed by atoms with van der Waals surface area (Å²) >= 11 is 0. The zero-order valence-corrected chi connectivity index (χ0v) is 15.6. The molecule has 1 aliphatic rings. The van der Waals surface area contributed by atoms with E-state index < -0.39 is 8.07 Å². The van der Waals surface area contributed by atoms with Gasteiger partial charge in [-0.3, -0.25) is 0 Å². The van der Waals surface area contributed by atoms with Crippen LogP contribution in [0.4, 0.5) is 0 Å². The molecule has 0 nitrogen and oxygen atoms in total. The zero-order valence-electron chi connectivity index (χ0n) is 13.6. The monoisotopic (exact) mass is 309 g/mol. The maximum Gasteiger partial charge on any atom is 0.0601 e. The van der Waals surface area contributed by atoms with Crippen molar-refractivity contribution in [3.8, 4) is 11.1 Å². The highest BCUT2D eigenvalue weighted by molar-refractivity contribution is 6.80. The van der Waals surface area contributed by atoms with Crippen molar-refractivity contribution in [2.45, 2.75) is 43.8 Å². The van der Waals surface area contributed by atoms with Gasteiger partial charge in [0.05, 0.1) is 8.07 Å². The molecule has 0 heterocycles.